The lowest BCUT2D eigenvalue weighted by Crippen LogP contribution is -2.59. The number of carbonyl (C=O) groups excluding carboxylic acids is 2. The van der Waals surface area contributed by atoms with Crippen LogP contribution in [0.5, 0.6) is 0 Å². The summed E-state index contributed by atoms with van der Waals surface area (Å²) in [6, 6.07) is 11.5. The molecule has 4 rings (SSSR count). The van der Waals surface area contributed by atoms with E-state index in [1.807, 2.05) is 30.3 Å². The number of nitrogens with one attached hydrogen (secondary N) is 1. The van der Waals surface area contributed by atoms with Gasteiger partial charge in [0.25, 0.3) is 11.5 Å². The van der Waals surface area contributed by atoms with Crippen LogP contribution < -0.4 is 5.32 Å². The highest BCUT2D eigenvalue weighted by molar-refractivity contribution is 6.30. The maximum Gasteiger partial charge on any atom is 0.430 e. The minimum Gasteiger partial charge on any atom is -0.368 e. The van der Waals surface area contributed by atoms with Crippen LogP contribution in [0.4, 0.5) is 17.6 Å². The molecule has 2 saturated heterocycles. The highest BCUT2D eigenvalue weighted by atomic mass is 35.5. The van der Waals surface area contributed by atoms with Gasteiger partial charge in [-0.15, -0.1) is 0 Å². The number of likely N-dealkylation sites (tertiary alicyclic amines) is 1. The van der Waals surface area contributed by atoms with E-state index in [2.05, 4.69) is 5.32 Å². The monoisotopic (exact) mass is 498 g/mol. The van der Waals surface area contributed by atoms with E-state index in [0.29, 0.717) is 37.6 Å². The van der Waals surface area contributed by atoms with Gasteiger partial charge in [-0.3, -0.25) is 9.59 Å². The molecular formula is C24H23ClF4N2O3. The lowest BCUT2D eigenvalue weighted by Gasteiger charge is -2.50. The number of rotatable bonds is 3. The number of hydrogen-bond acceptors (Lipinski definition) is 3. The highest BCUT2D eigenvalue weighted by Gasteiger charge is 2.62. The van der Waals surface area contributed by atoms with Crippen molar-refractivity contribution in [2.45, 2.75) is 37.0 Å². The van der Waals surface area contributed by atoms with Crippen molar-refractivity contribution in [2.75, 3.05) is 19.6 Å². The number of alkyl halides is 3. The van der Waals surface area contributed by atoms with Gasteiger partial charge in [-0.05, 0) is 36.0 Å². The number of halogens is 5. The number of hydrogen-bond donors (Lipinski definition) is 2. The molecule has 2 heterocycles. The predicted octanol–water partition coefficient (Wildman–Crippen LogP) is 4.14. The summed E-state index contributed by atoms with van der Waals surface area (Å²) in [6.07, 6.45) is -4.57. The first-order valence-electron chi connectivity index (χ1n) is 10.8. The Morgan fingerprint density at radius 1 is 1.12 bits per heavy atom. The van der Waals surface area contributed by atoms with Crippen LogP contribution in [-0.4, -0.2) is 47.6 Å². The minimum absolute atomic E-state index is 0.0546. The maximum absolute atomic E-state index is 14.0. The minimum atomic E-state index is -5.36. The van der Waals surface area contributed by atoms with E-state index < -0.39 is 39.5 Å². The van der Waals surface area contributed by atoms with Gasteiger partial charge in [-0.1, -0.05) is 48.0 Å². The van der Waals surface area contributed by atoms with Crippen LogP contribution in [0.15, 0.2) is 48.5 Å². The Morgan fingerprint density at radius 3 is 2.35 bits per heavy atom. The molecule has 0 aromatic heterocycles. The van der Waals surface area contributed by atoms with Crippen molar-refractivity contribution < 1.29 is 32.3 Å². The average Bonchev–Trinajstić information content (AvgIpc) is 2.80. The quantitative estimate of drug-likeness (QED) is 0.625. The van der Waals surface area contributed by atoms with E-state index in [0.717, 1.165) is 10.5 Å². The Kier molecular flexibility index (Phi) is 6.37. The van der Waals surface area contributed by atoms with Crippen LogP contribution in [0.25, 0.3) is 0 Å². The second kappa shape index (κ2) is 8.85. The molecule has 5 nitrogen and oxygen atoms in total. The first-order valence-corrected chi connectivity index (χ1v) is 11.2. The van der Waals surface area contributed by atoms with E-state index in [1.54, 1.807) is 0 Å². The zero-order valence-corrected chi connectivity index (χ0v) is 18.8. The molecule has 34 heavy (non-hydrogen) atoms. The summed E-state index contributed by atoms with van der Waals surface area (Å²) in [7, 11) is 0. The second-order valence-corrected chi connectivity index (χ2v) is 9.34. The number of nitrogens with zero attached hydrogens (tertiary/aromatic N) is 1. The Balaban J connectivity index is 1.61. The average molecular weight is 499 g/mol. The first-order chi connectivity index (χ1) is 16.0. The van der Waals surface area contributed by atoms with Crippen LogP contribution in [-0.2, 0) is 15.2 Å². The normalized spacial score (nSPS) is 22.2. The Bertz CT molecular complexity index is 1090. The summed E-state index contributed by atoms with van der Waals surface area (Å²) in [5.41, 5.74) is -4.24. The number of carbonyl (C=O) groups is 2. The molecule has 2 N–H and O–H groups in total. The van der Waals surface area contributed by atoms with Gasteiger partial charge in [0.1, 0.15) is 5.82 Å². The van der Waals surface area contributed by atoms with Gasteiger partial charge in [-0.2, -0.15) is 13.2 Å². The fourth-order valence-electron chi connectivity index (χ4n) is 5.13. The van der Waals surface area contributed by atoms with Gasteiger partial charge in [0.2, 0.25) is 5.91 Å². The smallest absolute Gasteiger partial charge is 0.368 e. The van der Waals surface area contributed by atoms with Crippen molar-refractivity contribution in [1.82, 2.24) is 10.2 Å². The van der Waals surface area contributed by atoms with Gasteiger partial charge in [0.15, 0.2) is 0 Å². The molecule has 0 aliphatic carbocycles. The molecule has 0 radical (unpaired) electrons. The van der Waals surface area contributed by atoms with Crippen molar-refractivity contribution in [3.63, 3.8) is 0 Å². The molecule has 182 valence electrons. The lowest BCUT2D eigenvalue weighted by molar-refractivity contribution is -0.262. The van der Waals surface area contributed by atoms with Gasteiger partial charge >= 0.3 is 6.18 Å². The standard InChI is InChI=1S/C24H23ClF4N2O3/c25-18-12-16(6-7-19(18)26)23(34,24(27,28)29)21(33)31-10-8-22(9-11-31)13-20(32)30-14-17(22)15-4-2-1-3-5-15/h1-7,12,17,34H,8-11,13-14H2,(H,30,32)/t17-,23?/m0/s1. The molecule has 2 atom stereocenters. The van der Waals surface area contributed by atoms with Crippen LogP contribution in [0.1, 0.15) is 36.3 Å². The van der Waals surface area contributed by atoms with Crippen LogP contribution in [0.2, 0.25) is 5.02 Å². The van der Waals surface area contributed by atoms with E-state index in [1.165, 1.54) is 0 Å². The SMILES string of the molecule is O=C1CC2(CCN(C(=O)C(O)(c3ccc(F)c(Cl)c3)C(F)(F)F)CC2)[C@H](c2ccccc2)CN1. The molecule has 2 aromatic rings. The van der Waals surface area contributed by atoms with Gasteiger partial charge in [0.05, 0.1) is 5.02 Å². The summed E-state index contributed by atoms with van der Waals surface area (Å²) in [5, 5.41) is 12.9. The van der Waals surface area contributed by atoms with Crippen molar-refractivity contribution in [2.24, 2.45) is 5.41 Å². The fourth-order valence-corrected chi connectivity index (χ4v) is 5.31. The highest BCUT2D eigenvalue weighted by Crippen LogP contribution is 2.50. The van der Waals surface area contributed by atoms with Crippen LogP contribution in [0.3, 0.4) is 0 Å². The fraction of sp³-hybridized carbons (Fsp3) is 0.417. The molecular weight excluding hydrogens is 476 g/mol. The summed E-state index contributed by atoms with van der Waals surface area (Å²) >= 11 is 5.63. The number of benzene rings is 2. The van der Waals surface area contributed by atoms with E-state index >= 15 is 0 Å². The molecule has 0 bridgehead atoms. The topological polar surface area (TPSA) is 69.6 Å². The molecule has 2 aliphatic rings. The van der Waals surface area contributed by atoms with E-state index in [9.17, 15) is 32.3 Å². The van der Waals surface area contributed by atoms with Gasteiger partial charge < -0.3 is 15.3 Å². The van der Waals surface area contributed by atoms with E-state index in [-0.39, 0.29) is 31.3 Å². The summed E-state index contributed by atoms with van der Waals surface area (Å²) in [4.78, 5) is 26.3. The molecule has 0 saturated carbocycles. The zero-order chi connectivity index (χ0) is 24.7. The van der Waals surface area contributed by atoms with Gasteiger partial charge in [-0.25, -0.2) is 4.39 Å². The molecule has 2 fully saturated rings. The van der Waals surface area contributed by atoms with Crippen molar-refractivity contribution >= 4 is 23.4 Å². The van der Waals surface area contributed by atoms with Crippen LogP contribution in [0, 0.1) is 11.2 Å². The summed E-state index contributed by atoms with van der Waals surface area (Å²) < 4.78 is 55.6. The van der Waals surface area contributed by atoms with Gasteiger partial charge in [0, 0.05) is 37.5 Å². The van der Waals surface area contributed by atoms with Crippen molar-refractivity contribution in [1.29, 1.82) is 0 Å². The van der Waals surface area contributed by atoms with Crippen molar-refractivity contribution in [3.05, 3.63) is 70.5 Å². The third-order valence-electron chi connectivity index (χ3n) is 7.06. The zero-order valence-electron chi connectivity index (χ0n) is 18.0. The largest absolute Gasteiger partial charge is 0.430 e. The molecule has 2 aromatic carbocycles. The third-order valence-corrected chi connectivity index (χ3v) is 7.35. The van der Waals surface area contributed by atoms with E-state index in [4.69, 9.17) is 11.6 Å². The second-order valence-electron chi connectivity index (χ2n) is 8.94. The lowest BCUT2D eigenvalue weighted by atomic mass is 9.62. The number of piperidine rings is 2. The Hall–Kier alpha value is -2.65. The summed E-state index contributed by atoms with van der Waals surface area (Å²) in [5.74, 6) is -2.71. The predicted molar refractivity (Wildman–Crippen MR) is 116 cm³/mol. The first kappa shape index (κ1) is 24.5. The molecule has 2 aliphatic heterocycles. The number of aliphatic hydroxyl groups is 1. The molecule has 10 heteroatoms. The third kappa shape index (κ3) is 4.15. The van der Waals surface area contributed by atoms with Crippen molar-refractivity contribution in [3.8, 4) is 0 Å². The summed E-state index contributed by atoms with van der Waals surface area (Å²) in [6.45, 7) is 0.267. The maximum atomic E-state index is 14.0. The Labute approximate surface area is 198 Å². The Morgan fingerprint density at radius 2 is 1.76 bits per heavy atom. The molecule has 1 unspecified atom stereocenters. The van der Waals surface area contributed by atoms with Crippen LogP contribution >= 0.6 is 11.6 Å². The molecule has 2 amide bonds. The number of amides is 2. The molecule has 1 spiro atoms.